The molecule has 1 aliphatic heterocycles. The van der Waals surface area contributed by atoms with Crippen LogP contribution < -0.4 is 5.32 Å². The van der Waals surface area contributed by atoms with Gasteiger partial charge in [-0.05, 0) is 37.8 Å². The summed E-state index contributed by atoms with van der Waals surface area (Å²) >= 11 is 0. The third-order valence-corrected chi connectivity index (χ3v) is 4.93. The Morgan fingerprint density at radius 3 is 2.75 bits per heavy atom. The molecule has 0 aliphatic carbocycles. The van der Waals surface area contributed by atoms with Crippen LogP contribution in [0.4, 0.5) is 5.69 Å². The Morgan fingerprint density at radius 1 is 1.29 bits per heavy atom. The molecule has 1 unspecified atom stereocenters. The second-order valence-corrected chi connectivity index (χ2v) is 6.32. The maximum Gasteiger partial charge on any atom is 0.337 e. The van der Waals surface area contributed by atoms with E-state index in [1.165, 1.54) is 5.56 Å². The summed E-state index contributed by atoms with van der Waals surface area (Å²) < 4.78 is 1.89. The molecule has 0 fully saturated rings. The molecule has 4 rings (SSSR count). The van der Waals surface area contributed by atoms with Crippen LogP contribution in [0.3, 0.4) is 0 Å². The number of aromatic nitrogens is 2. The summed E-state index contributed by atoms with van der Waals surface area (Å²) in [5, 5.41) is 13.2. The molecular formula is C19H19N3O2. The number of imidazole rings is 1. The highest BCUT2D eigenvalue weighted by Crippen LogP contribution is 2.37. The third kappa shape index (κ3) is 2.16. The lowest BCUT2D eigenvalue weighted by Gasteiger charge is -2.28. The van der Waals surface area contributed by atoms with Gasteiger partial charge >= 0.3 is 5.97 Å². The number of carboxylic acids is 1. The Morgan fingerprint density at radius 2 is 2.04 bits per heavy atom. The molecule has 1 aromatic carbocycles. The molecule has 3 heterocycles. The summed E-state index contributed by atoms with van der Waals surface area (Å²) in [5.41, 5.74) is 5.98. The molecule has 0 radical (unpaired) electrons. The van der Waals surface area contributed by atoms with Crippen LogP contribution in [0.2, 0.25) is 0 Å². The first-order valence-electron chi connectivity index (χ1n) is 8.12. The van der Waals surface area contributed by atoms with Crippen molar-refractivity contribution in [2.75, 3.05) is 5.32 Å². The Balaban J connectivity index is 1.91. The van der Waals surface area contributed by atoms with Crippen LogP contribution in [0.25, 0.3) is 5.65 Å². The van der Waals surface area contributed by atoms with Gasteiger partial charge in [0.1, 0.15) is 0 Å². The number of rotatable bonds is 2. The topological polar surface area (TPSA) is 66.6 Å². The Labute approximate surface area is 140 Å². The number of hydrogen-bond acceptors (Lipinski definition) is 3. The summed E-state index contributed by atoms with van der Waals surface area (Å²) in [4.78, 5) is 16.4. The van der Waals surface area contributed by atoms with Crippen LogP contribution in [0.5, 0.6) is 0 Å². The fourth-order valence-electron chi connectivity index (χ4n) is 3.50. The molecule has 2 N–H and O–H groups in total. The van der Waals surface area contributed by atoms with E-state index in [2.05, 4.69) is 22.4 Å². The van der Waals surface area contributed by atoms with E-state index in [4.69, 9.17) is 0 Å². The fraction of sp³-hybridized carbons (Fsp3) is 0.263. The minimum Gasteiger partial charge on any atom is -0.478 e. The van der Waals surface area contributed by atoms with E-state index in [1.807, 2.05) is 36.4 Å². The van der Waals surface area contributed by atoms with Crippen molar-refractivity contribution in [3.05, 3.63) is 64.6 Å². The minimum atomic E-state index is -0.890. The maximum atomic E-state index is 11.7. The van der Waals surface area contributed by atoms with Crippen LogP contribution in [0.1, 0.15) is 45.3 Å². The molecule has 24 heavy (non-hydrogen) atoms. The Bertz CT molecular complexity index is 944. The fourth-order valence-corrected chi connectivity index (χ4v) is 3.50. The molecule has 0 bridgehead atoms. The van der Waals surface area contributed by atoms with E-state index in [1.54, 1.807) is 6.20 Å². The highest BCUT2D eigenvalue weighted by Gasteiger charge is 2.27. The van der Waals surface area contributed by atoms with E-state index < -0.39 is 5.97 Å². The number of aryl methyl sites for hydroxylation is 2. The Hall–Kier alpha value is -2.82. The predicted octanol–water partition coefficient (Wildman–Crippen LogP) is 3.75. The van der Waals surface area contributed by atoms with E-state index in [9.17, 15) is 9.90 Å². The van der Waals surface area contributed by atoms with Gasteiger partial charge in [0.05, 0.1) is 23.0 Å². The summed E-state index contributed by atoms with van der Waals surface area (Å²) in [7, 11) is 0. The van der Waals surface area contributed by atoms with Crippen molar-refractivity contribution < 1.29 is 9.90 Å². The Kier molecular flexibility index (Phi) is 3.30. The molecule has 2 aromatic heterocycles. The molecule has 1 aliphatic rings. The lowest BCUT2D eigenvalue weighted by Crippen LogP contribution is -2.21. The van der Waals surface area contributed by atoms with E-state index in [0.717, 1.165) is 41.1 Å². The van der Waals surface area contributed by atoms with Crippen molar-refractivity contribution in [1.29, 1.82) is 0 Å². The number of nitrogens with one attached hydrogen (secondary N) is 1. The summed E-state index contributed by atoms with van der Waals surface area (Å²) in [5.74, 6) is -0.890. The van der Waals surface area contributed by atoms with E-state index in [-0.39, 0.29) is 6.04 Å². The zero-order chi connectivity index (χ0) is 16.8. The predicted molar refractivity (Wildman–Crippen MR) is 92.8 cm³/mol. The van der Waals surface area contributed by atoms with Gasteiger partial charge in [-0.1, -0.05) is 30.3 Å². The lowest BCUT2D eigenvalue weighted by atomic mass is 9.91. The number of nitrogens with zero attached hydrogens (tertiary/aromatic N) is 2. The second-order valence-electron chi connectivity index (χ2n) is 6.32. The molecule has 0 amide bonds. The van der Waals surface area contributed by atoms with Gasteiger partial charge in [0.25, 0.3) is 0 Å². The van der Waals surface area contributed by atoms with Crippen molar-refractivity contribution >= 4 is 17.3 Å². The maximum absolute atomic E-state index is 11.7. The van der Waals surface area contributed by atoms with Gasteiger partial charge in [-0.15, -0.1) is 0 Å². The third-order valence-electron chi connectivity index (χ3n) is 4.93. The molecule has 5 nitrogen and oxygen atoms in total. The number of benzene rings is 1. The number of fused-ring (bicyclic) bond motifs is 3. The lowest BCUT2D eigenvalue weighted by molar-refractivity contribution is 0.0695. The van der Waals surface area contributed by atoms with Gasteiger partial charge in [0, 0.05) is 11.9 Å². The standard InChI is InChI=1S/C19H19N3O2/c1-11-12(2)22-10-15(19(23)24)14-8-9-16(13-6-4-3-5-7-13)21-17(14)18(22)20-11/h3-7,10,16,21H,8-9H2,1-2H3,(H,23,24). The molecule has 1 atom stereocenters. The normalized spacial score (nSPS) is 16.7. The van der Waals surface area contributed by atoms with Crippen molar-refractivity contribution in [1.82, 2.24) is 9.38 Å². The zero-order valence-electron chi connectivity index (χ0n) is 13.7. The number of aromatic carboxylic acids is 1. The van der Waals surface area contributed by atoms with Gasteiger partial charge in [-0.2, -0.15) is 0 Å². The second kappa shape index (κ2) is 5.37. The minimum absolute atomic E-state index is 0.170. The van der Waals surface area contributed by atoms with Gasteiger partial charge in [0.15, 0.2) is 5.65 Å². The molecule has 5 heteroatoms. The number of anilines is 1. The average molecular weight is 321 g/mol. The van der Waals surface area contributed by atoms with Crippen molar-refractivity contribution in [2.24, 2.45) is 0 Å². The molecule has 3 aromatic rings. The first kappa shape index (κ1) is 14.8. The SMILES string of the molecule is Cc1nc2c3c(c(C(=O)O)cn2c1C)CCC(c1ccccc1)N3. The van der Waals surface area contributed by atoms with E-state index >= 15 is 0 Å². The first-order chi connectivity index (χ1) is 11.6. The van der Waals surface area contributed by atoms with Crippen molar-refractivity contribution in [3.63, 3.8) is 0 Å². The first-order valence-corrected chi connectivity index (χ1v) is 8.12. The highest BCUT2D eigenvalue weighted by atomic mass is 16.4. The van der Waals surface area contributed by atoms with Gasteiger partial charge in [-0.25, -0.2) is 9.78 Å². The van der Waals surface area contributed by atoms with Gasteiger partial charge < -0.3 is 14.8 Å². The van der Waals surface area contributed by atoms with Gasteiger partial charge in [-0.3, -0.25) is 0 Å². The quantitative estimate of drug-likeness (QED) is 0.754. The number of pyridine rings is 1. The average Bonchev–Trinajstić information content (AvgIpc) is 2.89. The van der Waals surface area contributed by atoms with Crippen LogP contribution >= 0.6 is 0 Å². The summed E-state index contributed by atoms with van der Waals surface area (Å²) in [6.45, 7) is 3.91. The van der Waals surface area contributed by atoms with Crippen LogP contribution in [0, 0.1) is 13.8 Å². The van der Waals surface area contributed by atoms with Crippen molar-refractivity contribution in [2.45, 2.75) is 32.7 Å². The highest BCUT2D eigenvalue weighted by molar-refractivity contribution is 5.94. The molecule has 122 valence electrons. The molecular weight excluding hydrogens is 302 g/mol. The number of hydrogen-bond donors (Lipinski definition) is 2. The van der Waals surface area contributed by atoms with Crippen LogP contribution in [0.15, 0.2) is 36.5 Å². The van der Waals surface area contributed by atoms with Crippen LogP contribution in [-0.4, -0.2) is 20.5 Å². The molecule has 0 spiro atoms. The zero-order valence-corrected chi connectivity index (χ0v) is 13.7. The van der Waals surface area contributed by atoms with Crippen LogP contribution in [-0.2, 0) is 6.42 Å². The van der Waals surface area contributed by atoms with E-state index in [0.29, 0.717) is 5.56 Å². The molecule has 0 saturated heterocycles. The van der Waals surface area contributed by atoms with Gasteiger partial charge in [0.2, 0.25) is 0 Å². The van der Waals surface area contributed by atoms with Crippen molar-refractivity contribution in [3.8, 4) is 0 Å². The number of carboxylic acid groups (broad SMARTS) is 1. The number of carbonyl (C=O) groups is 1. The summed E-state index contributed by atoms with van der Waals surface area (Å²) in [6, 6.07) is 10.4. The molecule has 0 saturated carbocycles. The smallest absolute Gasteiger partial charge is 0.337 e. The monoisotopic (exact) mass is 321 g/mol. The largest absolute Gasteiger partial charge is 0.478 e. The summed E-state index contributed by atoms with van der Waals surface area (Å²) in [6.07, 6.45) is 3.30.